The molecule has 4 rings (SSSR count). The van der Waals surface area contributed by atoms with Crippen LogP contribution in [-0.4, -0.2) is 32.0 Å². The fraction of sp³-hybridized carbons (Fsp3) is 0.318. The summed E-state index contributed by atoms with van der Waals surface area (Å²) in [4.78, 5) is 36.8. The van der Waals surface area contributed by atoms with Gasteiger partial charge in [0.25, 0.3) is 17.0 Å². The maximum atomic E-state index is 13.4. The number of carbonyl (C=O) groups is 1. The highest BCUT2D eigenvalue weighted by Crippen LogP contribution is 2.16. The average Bonchev–Trinajstić information content (AvgIpc) is 2.75. The molecule has 0 spiro atoms. The summed E-state index contributed by atoms with van der Waals surface area (Å²) in [5.74, 6) is -0.885. The first-order valence-electron chi connectivity index (χ1n) is 10.2. The van der Waals surface area contributed by atoms with Gasteiger partial charge in [0.05, 0.1) is 18.8 Å². The van der Waals surface area contributed by atoms with Crippen molar-refractivity contribution in [1.29, 1.82) is 0 Å². The number of nitrogens with zero attached hydrogens (tertiary/aromatic N) is 4. The SMILES string of the molecule is O=C(NCCn1nc2c(cc1=O)CCCC2)c1ccc(=O)n(Cc2cccc(F)c2)n1. The lowest BCUT2D eigenvalue weighted by Gasteiger charge is -2.16. The number of fused-ring (bicyclic) bond motifs is 1. The summed E-state index contributed by atoms with van der Waals surface area (Å²) in [6, 6.07) is 10.1. The largest absolute Gasteiger partial charge is 0.349 e. The predicted molar refractivity (Wildman–Crippen MR) is 111 cm³/mol. The van der Waals surface area contributed by atoms with E-state index in [4.69, 9.17) is 0 Å². The van der Waals surface area contributed by atoms with Crippen molar-refractivity contribution in [3.05, 3.63) is 91.5 Å². The summed E-state index contributed by atoms with van der Waals surface area (Å²) in [6.07, 6.45) is 3.87. The lowest BCUT2D eigenvalue weighted by atomic mass is 9.97. The molecule has 0 saturated heterocycles. The summed E-state index contributed by atoms with van der Waals surface area (Å²) >= 11 is 0. The Hall–Kier alpha value is -3.62. The van der Waals surface area contributed by atoms with Gasteiger partial charge in [0.15, 0.2) is 0 Å². The van der Waals surface area contributed by atoms with Crippen LogP contribution in [0.2, 0.25) is 0 Å². The van der Waals surface area contributed by atoms with Gasteiger partial charge in [0.1, 0.15) is 11.5 Å². The average molecular weight is 423 g/mol. The van der Waals surface area contributed by atoms with Crippen molar-refractivity contribution < 1.29 is 9.18 Å². The predicted octanol–water partition coefficient (Wildman–Crippen LogP) is 1.30. The molecule has 0 unspecified atom stereocenters. The topological polar surface area (TPSA) is 98.9 Å². The fourth-order valence-electron chi connectivity index (χ4n) is 3.62. The third kappa shape index (κ3) is 4.93. The molecular weight excluding hydrogens is 401 g/mol. The molecule has 31 heavy (non-hydrogen) atoms. The Morgan fingerprint density at radius 1 is 1.00 bits per heavy atom. The van der Waals surface area contributed by atoms with E-state index in [0.717, 1.165) is 41.6 Å². The van der Waals surface area contributed by atoms with Gasteiger partial charge in [-0.2, -0.15) is 10.2 Å². The van der Waals surface area contributed by atoms with Gasteiger partial charge in [-0.05, 0) is 55.0 Å². The minimum Gasteiger partial charge on any atom is -0.349 e. The molecule has 3 aromatic rings. The fourth-order valence-corrected chi connectivity index (χ4v) is 3.62. The number of carbonyl (C=O) groups excluding carboxylic acids is 1. The van der Waals surface area contributed by atoms with Gasteiger partial charge in [-0.25, -0.2) is 13.8 Å². The number of amides is 1. The normalized spacial score (nSPS) is 12.9. The molecule has 0 saturated carbocycles. The lowest BCUT2D eigenvalue weighted by molar-refractivity contribution is 0.0944. The Labute approximate surface area is 177 Å². The summed E-state index contributed by atoms with van der Waals surface area (Å²) in [6.45, 7) is 0.474. The molecule has 9 heteroatoms. The second-order valence-electron chi connectivity index (χ2n) is 7.49. The van der Waals surface area contributed by atoms with Crippen LogP contribution in [0.25, 0.3) is 0 Å². The smallest absolute Gasteiger partial charge is 0.271 e. The zero-order valence-corrected chi connectivity index (χ0v) is 16.9. The number of aromatic nitrogens is 4. The van der Waals surface area contributed by atoms with Crippen molar-refractivity contribution in [2.45, 2.75) is 38.8 Å². The second-order valence-corrected chi connectivity index (χ2v) is 7.49. The Kier molecular flexibility index (Phi) is 6.01. The lowest BCUT2D eigenvalue weighted by Crippen LogP contribution is -2.34. The van der Waals surface area contributed by atoms with Crippen LogP contribution >= 0.6 is 0 Å². The highest BCUT2D eigenvalue weighted by Gasteiger charge is 2.14. The maximum absolute atomic E-state index is 13.4. The molecule has 1 aliphatic rings. The first-order valence-corrected chi connectivity index (χ1v) is 10.2. The molecule has 1 aliphatic carbocycles. The van der Waals surface area contributed by atoms with Crippen LogP contribution in [0.1, 0.15) is 40.2 Å². The molecular formula is C22H22FN5O3. The van der Waals surface area contributed by atoms with E-state index in [9.17, 15) is 18.8 Å². The van der Waals surface area contributed by atoms with Gasteiger partial charge in [-0.1, -0.05) is 12.1 Å². The second kappa shape index (κ2) is 9.03. The van der Waals surface area contributed by atoms with Crippen LogP contribution in [0.15, 0.2) is 52.1 Å². The third-order valence-corrected chi connectivity index (χ3v) is 5.20. The van der Waals surface area contributed by atoms with Crippen molar-refractivity contribution in [2.24, 2.45) is 0 Å². The van der Waals surface area contributed by atoms with Crippen LogP contribution in [0, 0.1) is 5.82 Å². The summed E-state index contributed by atoms with van der Waals surface area (Å²) in [5.41, 5.74) is 2.00. The first-order chi connectivity index (χ1) is 15.0. The number of aryl methyl sites for hydroxylation is 2. The van der Waals surface area contributed by atoms with Crippen LogP contribution in [0.5, 0.6) is 0 Å². The molecule has 2 heterocycles. The van der Waals surface area contributed by atoms with Crippen molar-refractivity contribution in [2.75, 3.05) is 6.54 Å². The van der Waals surface area contributed by atoms with Gasteiger partial charge in [-0.3, -0.25) is 14.4 Å². The Morgan fingerprint density at radius 3 is 2.68 bits per heavy atom. The zero-order chi connectivity index (χ0) is 21.8. The number of nitrogens with one attached hydrogen (secondary N) is 1. The van der Waals surface area contributed by atoms with Gasteiger partial charge >= 0.3 is 0 Å². The molecule has 0 fully saturated rings. The summed E-state index contributed by atoms with van der Waals surface area (Å²) in [7, 11) is 0. The molecule has 8 nitrogen and oxygen atoms in total. The van der Waals surface area contributed by atoms with Crippen molar-refractivity contribution in [3.63, 3.8) is 0 Å². The molecule has 0 bridgehead atoms. The van der Waals surface area contributed by atoms with E-state index in [-0.39, 0.29) is 30.9 Å². The maximum Gasteiger partial charge on any atom is 0.271 e. The molecule has 0 aliphatic heterocycles. The quantitative estimate of drug-likeness (QED) is 0.644. The Morgan fingerprint density at radius 2 is 1.84 bits per heavy atom. The van der Waals surface area contributed by atoms with Gasteiger partial charge in [0.2, 0.25) is 0 Å². The monoisotopic (exact) mass is 423 g/mol. The van der Waals surface area contributed by atoms with E-state index >= 15 is 0 Å². The minimum atomic E-state index is -0.473. The number of halogens is 1. The number of hydrogen-bond acceptors (Lipinski definition) is 5. The number of rotatable bonds is 6. The van der Waals surface area contributed by atoms with E-state index < -0.39 is 17.3 Å². The van der Waals surface area contributed by atoms with Crippen LogP contribution < -0.4 is 16.4 Å². The van der Waals surface area contributed by atoms with Crippen LogP contribution in [0.4, 0.5) is 4.39 Å². The van der Waals surface area contributed by atoms with Gasteiger partial charge < -0.3 is 5.32 Å². The third-order valence-electron chi connectivity index (χ3n) is 5.20. The zero-order valence-electron chi connectivity index (χ0n) is 16.9. The molecule has 0 atom stereocenters. The van der Waals surface area contributed by atoms with Crippen LogP contribution in [0.3, 0.4) is 0 Å². The van der Waals surface area contributed by atoms with E-state index in [0.29, 0.717) is 5.56 Å². The Bertz CT molecular complexity index is 1230. The summed E-state index contributed by atoms with van der Waals surface area (Å²) in [5, 5.41) is 11.2. The highest BCUT2D eigenvalue weighted by molar-refractivity contribution is 5.91. The first kappa shape index (κ1) is 20.6. The van der Waals surface area contributed by atoms with E-state index in [1.807, 2.05) is 0 Å². The van der Waals surface area contributed by atoms with Crippen molar-refractivity contribution >= 4 is 5.91 Å². The number of hydrogen-bond donors (Lipinski definition) is 1. The van der Waals surface area contributed by atoms with Crippen molar-refractivity contribution in [3.8, 4) is 0 Å². The van der Waals surface area contributed by atoms with Gasteiger partial charge in [-0.15, -0.1) is 0 Å². The van der Waals surface area contributed by atoms with E-state index in [2.05, 4.69) is 15.5 Å². The van der Waals surface area contributed by atoms with Crippen LogP contribution in [-0.2, 0) is 25.9 Å². The number of benzene rings is 1. The minimum absolute atomic E-state index is 0.0478. The molecule has 0 radical (unpaired) electrons. The molecule has 1 amide bonds. The molecule has 1 aromatic carbocycles. The molecule has 2 aromatic heterocycles. The van der Waals surface area contributed by atoms with Gasteiger partial charge in [0, 0.05) is 18.7 Å². The standard InChI is InChI=1S/C22H22FN5O3/c23-17-6-3-4-15(12-17)14-28-20(29)9-8-19(26-28)22(31)24-10-11-27-21(30)13-16-5-1-2-7-18(16)25-27/h3-4,6,8-9,12-13H,1-2,5,7,10-11,14H2,(H,24,31). The van der Waals surface area contributed by atoms with Crippen molar-refractivity contribution in [1.82, 2.24) is 24.9 Å². The molecule has 160 valence electrons. The van der Waals surface area contributed by atoms with E-state index in [1.54, 1.807) is 18.2 Å². The Balaban J connectivity index is 1.41. The van der Waals surface area contributed by atoms with E-state index in [1.165, 1.54) is 28.9 Å². The summed E-state index contributed by atoms with van der Waals surface area (Å²) < 4.78 is 15.9. The molecule has 1 N–H and O–H groups in total. The highest BCUT2D eigenvalue weighted by atomic mass is 19.1.